The van der Waals surface area contributed by atoms with E-state index in [0.717, 1.165) is 0 Å². The minimum absolute atomic E-state index is 0.00930. The molecule has 6 nitrogen and oxygen atoms in total. The standard InChI is InChI=1S/C15H12BrN3O3/c1-10(20)18-13-5-3-12(4-6-13)17-9-11-2-7-14(16)15(8-11)19(21)22/h2-9H,1H3,(H,18,20). The maximum absolute atomic E-state index is 10.9. The first-order chi connectivity index (χ1) is 10.5. The van der Waals surface area contributed by atoms with E-state index < -0.39 is 4.92 Å². The molecule has 2 rings (SSSR count). The predicted molar refractivity (Wildman–Crippen MR) is 88.8 cm³/mol. The molecule has 0 aliphatic heterocycles. The normalized spacial score (nSPS) is 10.6. The number of nitro benzene ring substituents is 1. The van der Waals surface area contributed by atoms with E-state index in [1.165, 1.54) is 13.0 Å². The first kappa shape index (κ1) is 15.8. The fourth-order valence-corrected chi connectivity index (χ4v) is 2.12. The van der Waals surface area contributed by atoms with Crippen molar-refractivity contribution in [1.29, 1.82) is 0 Å². The molecule has 1 N–H and O–H groups in total. The van der Waals surface area contributed by atoms with Gasteiger partial charge in [-0.1, -0.05) is 6.07 Å². The Labute approximate surface area is 135 Å². The Morgan fingerprint density at radius 1 is 1.27 bits per heavy atom. The van der Waals surface area contributed by atoms with Gasteiger partial charge in [0.25, 0.3) is 5.69 Å². The summed E-state index contributed by atoms with van der Waals surface area (Å²) in [6.07, 6.45) is 1.55. The van der Waals surface area contributed by atoms with Gasteiger partial charge in [-0.25, -0.2) is 0 Å². The molecule has 1 amide bonds. The van der Waals surface area contributed by atoms with Crippen LogP contribution in [-0.2, 0) is 4.79 Å². The highest BCUT2D eigenvalue weighted by Gasteiger charge is 2.11. The third-order valence-electron chi connectivity index (χ3n) is 2.72. The fourth-order valence-electron chi connectivity index (χ4n) is 1.73. The lowest BCUT2D eigenvalue weighted by molar-refractivity contribution is -0.385. The number of carbonyl (C=O) groups excluding carboxylic acids is 1. The van der Waals surface area contributed by atoms with E-state index in [1.54, 1.807) is 42.6 Å². The van der Waals surface area contributed by atoms with Gasteiger partial charge in [-0.2, -0.15) is 0 Å². The maximum Gasteiger partial charge on any atom is 0.284 e. The van der Waals surface area contributed by atoms with Gasteiger partial charge < -0.3 is 5.32 Å². The second-order valence-corrected chi connectivity index (χ2v) is 5.31. The summed E-state index contributed by atoms with van der Waals surface area (Å²) in [4.78, 5) is 25.6. The summed E-state index contributed by atoms with van der Waals surface area (Å²) in [5.74, 6) is -0.140. The van der Waals surface area contributed by atoms with Gasteiger partial charge in [-0.3, -0.25) is 19.9 Å². The summed E-state index contributed by atoms with van der Waals surface area (Å²) < 4.78 is 0.425. The average molecular weight is 362 g/mol. The second-order valence-electron chi connectivity index (χ2n) is 4.45. The molecule has 0 heterocycles. The van der Waals surface area contributed by atoms with E-state index in [0.29, 0.717) is 21.4 Å². The molecule has 112 valence electrons. The van der Waals surface area contributed by atoms with E-state index in [2.05, 4.69) is 26.2 Å². The molecule has 0 fully saturated rings. The van der Waals surface area contributed by atoms with E-state index in [-0.39, 0.29) is 11.6 Å². The molecule has 7 heteroatoms. The summed E-state index contributed by atoms with van der Waals surface area (Å²) in [5.41, 5.74) is 1.98. The zero-order chi connectivity index (χ0) is 16.1. The molecule has 0 aromatic heterocycles. The lowest BCUT2D eigenvalue weighted by atomic mass is 10.2. The number of nitrogens with one attached hydrogen (secondary N) is 1. The number of anilines is 1. The van der Waals surface area contributed by atoms with Crippen LogP contribution in [0.5, 0.6) is 0 Å². The van der Waals surface area contributed by atoms with Gasteiger partial charge in [-0.05, 0) is 51.8 Å². The van der Waals surface area contributed by atoms with E-state index in [1.807, 2.05) is 0 Å². The van der Waals surface area contributed by atoms with Crippen LogP contribution in [0.25, 0.3) is 0 Å². The quantitative estimate of drug-likeness (QED) is 0.506. The van der Waals surface area contributed by atoms with Crippen molar-refractivity contribution in [3.8, 4) is 0 Å². The number of rotatable bonds is 4. The molecular formula is C15H12BrN3O3. The van der Waals surface area contributed by atoms with E-state index in [4.69, 9.17) is 0 Å². The summed E-state index contributed by atoms with van der Waals surface area (Å²) in [6.45, 7) is 1.44. The number of nitrogens with zero attached hydrogens (tertiary/aromatic N) is 2. The van der Waals surface area contributed by atoms with Crippen molar-refractivity contribution in [2.24, 2.45) is 4.99 Å². The van der Waals surface area contributed by atoms with Crippen LogP contribution in [0.15, 0.2) is 51.9 Å². The average Bonchev–Trinajstić information content (AvgIpc) is 2.47. The Balaban J connectivity index is 2.16. The molecular weight excluding hydrogens is 350 g/mol. The van der Waals surface area contributed by atoms with Crippen molar-refractivity contribution in [3.63, 3.8) is 0 Å². The van der Waals surface area contributed by atoms with E-state index >= 15 is 0 Å². The van der Waals surface area contributed by atoms with Crippen LogP contribution in [0.1, 0.15) is 12.5 Å². The summed E-state index contributed by atoms with van der Waals surface area (Å²) in [6, 6.07) is 11.7. The first-order valence-corrected chi connectivity index (χ1v) is 7.10. The Morgan fingerprint density at radius 3 is 2.55 bits per heavy atom. The molecule has 0 spiro atoms. The molecule has 0 saturated carbocycles. The molecule has 0 bridgehead atoms. The van der Waals surface area contributed by atoms with Gasteiger partial charge in [0.05, 0.1) is 15.1 Å². The predicted octanol–water partition coefficient (Wildman–Crippen LogP) is 4.07. The SMILES string of the molecule is CC(=O)Nc1ccc(N=Cc2ccc(Br)c([N+](=O)[O-])c2)cc1. The van der Waals surface area contributed by atoms with Gasteiger partial charge in [0.2, 0.25) is 5.91 Å². The number of hydrogen-bond donors (Lipinski definition) is 1. The lowest BCUT2D eigenvalue weighted by Crippen LogP contribution is -2.04. The molecule has 0 unspecified atom stereocenters. The smallest absolute Gasteiger partial charge is 0.284 e. The number of hydrogen-bond acceptors (Lipinski definition) is 4. The summed E-state index contributed by atoms with van der Waals surface area (Å²) >= 11 is 3.13. The van der Waals surface area contributed by atoms with Gasteiger partial charge in [0.15, 0.2) is 0 Å². The van der Waals surface area contributed by atoms with Crippen LogP contribution in [0.3, 0.4) is 0 Å². The number of carbonyl (C=O) groups is 1. The third kappa shape index (κ3) is 4.23. The van der Waals surface area contributed by atoms with Crippen LogP contribution in [0, 0.1) is 10.1 Å². The highest BCUT2D eigenvalue weighted by atomic mass is 79.9. The molecule has 0 saturated heterocycles. The van der Waals surface area contributed by atoms with Gasteiger partial charge in [0.1, 0.15) is 0 Å². The number of benzene rings is 2. The van der Waals surface area contributed by atoms with Crippen molar-refractivity contribution in [3.05, 3.63) is 62.6 Å². The molecule has 2 aromatic rings. The largest absolute Gasteiger partial charge is 0.326 e. The lowest BCUT2D eigenvalue weighted by Gasteiger charge is -2.01. The van der Waals surface area contributed by atoms with Crippen LogP contribution in [0.2, 0.25) is 0 Å². The van der Waals surface area contributed by atoms with Crippen LogP contribution >= 0.6 is 15.9 Å². The minimum atomic E-state index is -0.455. The molecule has 0 atom stereocenters. The zero-order valence-electron chi connectivity index (χ0n) is 11.6. The Hall–Kier alpha value is -2.54. The van der Waals surface area contributed by atoms with Crippen molar-refractivity contribution >= 4 is 45.1 Å². The highest BCUT2D eigenvalue weighted by Crippen LogP contribution is 2.25. The van der Waals surface area contributed by atoms with Crippen molar-refractivity contribution in [1.82, 2.24) is 0 Å². The summed E-state index contributed by atoms with van der Waals surface area (Å²) in [5, 5.41) is 13.5. The maximum atomic E-state index is 10.9. The zero-order valence-corrected chi connectivity index (χ0v) is 13.2. The Morgan fingerprint density at radius 2 is 1.95 bits per heavy atom. The van der Waals surface area contributed by atoms with Crippen LogP contribution < -0.4 is 5.32 Å². The van der Waals surface area contributed by atoms with Crippen molar-refractivity contribution < 1.29 is 9.72 Å². The van der Waals surface area contributed by atoms with Gasteiger partial charge >= 0.3 is 0 Å². The van der Waals surface area contributed by atoms with Gasteiger partial charge in [-0.15, -0.1) is 0 Å². The second kappa shape index (κ2) is 6.95. The molecule has 22 heavy (non-hydrogen) atoms. The molecule has 0 radical (unpaired) electrons. The van der Waals surface area contributed by atoms with Crippen LogP contribution in [0.4, 0.5) is 17.1 Å². The Kier molecular flexibility index (Phi) is 5.00. The van der Waals surface area contributed by atoms with Crippen molar-refractivity contribution in [2.75, 3.05) is 5.32 Å². The molecule has 2 aromatic carbocycles. The number of halogens is 1. The van der Waals surface area contributed by atoms with E-state index in [9.17, 15) is 14.9 Å². The third-order valence-corrected chi connectivity index (χ3v) is 3.39. The number of nitro groups is 1. The minimum Gasteiger partial charge on any atom is -0.326 e. The summed E-state index contributed by atoms with van der Waals surface area (Å²) in [7, 11) is 0. The van der Waals surface area contributed by atoms with Crippen LogP contribution in [-0.4, -0.2) is 17.0 Å². The highest BCUT2D eigenvalue weighted by molar-refractivity contribution is 9.10. The Bertz CT molecular complexity index is 742. The molecule has 0 aliphatic carbocycles. The fraction of sp³-hybridized carbons (Fsp3) is 0.0667. The first-order valence-electron chi connectivity index (χ1n) is 6.31. The number of aliphatic imine (C=N–C) groups is 1. The van der Waals surface area contributed by atoms with Crippen molar-refractivity contribution in [2.45, 2.75) is 6.92 Å². The van der Waals surface area contributed by atoms with Gasteiger partial charge in [0, 0.05) is 24.9 Å². The molecule has 0 aliphatic rings. The number of amides is 1. The monoisotopic (exact) mass is 361 g/mol. The topological polar surface area (TPSA) is 84.6 Å².